The van der Waals surface area contributed by atoms with Crippen molar-refractivity contribution < 1.29 is 22.7 Å². The number of fused-ring (bicyclic) bond motifs is 1. The summed E-state index contributed by atoms with van der Waals surface area (Å²) in [6.45, 7) is 2.88. The molecule has 2 aliphatic heterocycles. The smallest absolute Gasteiger partial charge is 0.253 e. The third-order valence-corrected chi connectivity index (χ3v) is 7.23. The predicted molar refractivity (Wildman–Crippen MR) is 109 cm³/mol. The highest BCUT2D eigenvalue weighted by molar-refractivity contribution is 7.89. The first-order valence-corrected chi connectivity index (χ1v) is 11.7. The molecule has 2 atom stereocenters. The molecule has 0 saturated carbocycles. The number of carbonyl (C=O) groups is 2. The molecule has 0 radical (unpaired) electrons. The van der Waals surface area contributed by atoms with E-state index < -0.39 is 16.1 Å². The van der Waals surface area contributed by atoms with E-state index in [-0.39, 0.29) is 30.2 Å². The minimum absolute atomic E-state index is 0.0611. The van der Waals surface area contributed by atoms with E-state index in [9.17, 15) is 18.0 Å². The molecule has 2 heterocycles. The third kappa shape index (κ3) is 5.08. The number of ether oxygens (including phenoxy) is 1. The molecule has 3 rings (SSSR count). The average Bonchev–Trinajstić information content (AvgIpc) is 3.08. The van der Waals surface area contributed by atoms with Crippen LogP contribution in [-0.4, -0.2) is 74.0 Å². The summed E-state index contributed by atoms with van der Waals surface area (Å²) in [4.78, 5) is 27.1. The van der Waals surface area contributed by atoms with E-state index in [4.69, 9.17) is 4.74 Å². The Kier molecular flexibility index (Phi) is 6.79. The Morgan fingerprint density at radius 2 is 2.00 bits per heavy atom. The number of hydrogen-bond acceptors (Lipinski definition) is 6. The Labute approximate surface area is 172 Å². The highest BCUT2D eigenvalue weighted by Crippen LogP contribution is 2.25. The van der Waals surface area contributed by atoms with Gasteiger partial charge in [0.25, 0.3) is 5.91 Å². The van der Waals surface area contributed by atoms with Crippen molar-refractivity contribution in [3.63, 3.8) is 0 Å². The number of nitrogens with one attached hydrogen (secondary N) is 1. The van der Waals surface area contributed by atoms with Crippen LogP contribution in [0.3, 0.4) is 0 Å². The molecule has 1 N–H and O–H groups in total. The largest absolute Gasteiger partial charge is 0.497 e. The van der Waals surface area contributed by atoms with Crippen molar-refractivity contribution in [3.8, 4) is 5.75 Å². The Morgan fingerprint density at radius 1 is 1.28 bits per heavy atom. The quantitative estimate of drug-likeness (QED) is 0.696. The summed E-state index contributed by atoms with van der Waals surface area (Å²) in [5, 5.41) is 3.01. The molecule has 2 fully saturated rings. The summed E-state index contributed by atoms with van der Waals surface area (Å²) >= 11 is 0. The number of nitrogens with zero attached hydrogens (tertiary/aromatic N) is 2. The zero-order valence-electron chi connectivity index (χ0n) is 17.0. The molecule has 2 aliphatic rings. The van der Waals surface area contributed by atoms with E-state index in [2.05, 4.69) is 5.32 Å². The molecule has 0 aliphatic carbocycles. The number of carbonyl (C=O) groups excluding carboxylic acids is 2. The van der Waals surface area contributed by atoms with Crippen LogP contribution in [0.25, 0.3) is 0 Å². The van der Waals surface area contributed by atoms with Gasteiger partial charge in [0.2, 0.25) is 15.9 Å². The van der Waals surface area contributed by atoms with Gasteiger partial charge in [-0.2, -0.15) is 0 Å². The molecule has 160 valence electrons. The van der Waals surface area contributed by atoms with Gasteiger partial charge in [-0.15, -0.1) is 0 Å². The predicted octanol–water partition coefficient (Wildman–Crippen LogP) is 0.769. The lowest BCUT2D eigenvalue weighted by atomic mass is 10.1. The lowest BCUT2D eigenvalue weighted by Crippen LogP contribution is -2.44. The number of aryl methyl sites for hydroxylation is 1. The third-order valence-electron chi connectivity index (χ3n) is 5.50. The van der Waals surface area contributed by atoms with E-state index in [1.54, 1.807) is 7.11 Å². The van der Waals surface area contributed by atoms with Gasteiger partial charge in [-0.1, -0.05) is 19.1 Å². The highest BCUT2D eigenvalue weighted by atomic mass is 32.2. The topological polar surface area (TPSA) is 96.0 Å². The second-order valence-electron chi connectivity index (χ2n) is 7.59. The first-order valence-electron chi connectivity index (χ1n) is 10.0. The van der Waals surface area contributed by atoms with Crippen molar-refractivity contribution in [1.29, 1.82) is 0 Å². The molecule has 29 heavy (non-hydrogen) atoms. The van der Waals surface area contributed by atoms with Crippen LogP contribution in [0.5, 0.6) is 5.75 Å². The number of methoxy groups -OCH3 is 1. The molecule has 2 amide bonds. The zero-order chi connectivity index (χ0) is 21.0. The summed E-state index contributed by atoms with van der Waals surface area (Å²) in [6.07, 6.45) is 2.01. The molecular weight excluding hydrogens is 394 g/mol. The van der Waals surface area contributed by atoms with Crippen LogP contribution >= 0.6 is 0 Å². The van der Waals surface area contributed by atoms with Crippen molar-refractivity contribution >= 4 is 21.8 Å². The molecule has 1 aromatic carbocycles. The van der Waals surface area contributed by atoms with Crippen LogP contribution in [0.1, 0.15) is 31.7 Å². The zero-order valence-corrected chi connectivity index (χ0v) is 17.8. The van der Waals surface area contributed by atoms with Crippen LogP contribution in [0.2, 0.25) is 0 Å². The molecule has 0 aromatic heterocycles. The van der Waals surface area contributed by atoms with Gasteiger partial charge in [-0.05, 0) is 37.0 Å². The number of benzene rings is 1. The SMILES string of the molecule is CCCN1C(=O)[C@@H]2C[C@H](NC(=O)CCc3ccc(OC)cc3)CN2CCS1(=O)=O. The molecule has 8 nitrogen and oxygen atoms in total. The van der Waals surface area contributed by atoms with Gasteiger partial charge in [0.05, 0.1) is 18.9 Å². The highest BCUT2D eigenvalue weighted by Gasteiger charge is 2.44. The van der Waals surface area contributed by atoms with Crippen LogP contribution in [0.15, 0.2) is 24.3 Å². The lowest BCUT2D eigenvalue weighted by Gasteiger charge is -2.23. The second kappa shape index (κ2) is 9.13. The van der Waals surface area contributed by atoms with Gasteiger partial charge in [0.15, 0.2) is 0 Å². The van der Waals surface area contributed by atoms with Crippen LogP contribution in [0, 0.1) is 0 Å². The van der Waals surface area contributed by atoms with E-state index in [1.165, 1.54) is 0 Å². The maximum atomic E-state index is 12.8. The summed E-state index contributed by atoms with van der Waals surface area (Å²) in [5.74, 6) is 0.293. The average molecular weight is 424 g/mol. The fourth-order valence-corrected chi connectivity index (χ4v) is 5.50. The number of rotatable bonds is 7. The van der Waals surface area contributed by atoms with Crippen LogP contribution < -0.4 is 10.1 Å². The van der Waals surface area contributed by atoms with Crippen molar-refractivity contribution in [2.24, 2.45) is 0 Å². The fraction of sp³-hybridized carbons (Fsp3) is 0.600. The second-order valence-corrected chi connectivity index (χ2v) is 9.60. The fourth-order valence-electron chi connectivity index (χ4n) is 3.96. The Bertz CT molecular complexity index is 840. The summed E-state index contributed by atoms with van der Waals surface area (Å²) in [7, 11) is -1.94. The Morgan fingerprint density at radius 3 is 2.66 bits per heavy atom. The number of hydrogen-bond donors (Lipinski definition) is 1. The monoisotopic (exact) mass is 423 g/mol. The molecule has 0 unspecified atom stereocenters. The Balaban J connectivity index is 1.54. The molecule has 1 aromatic rings. The van der Waals surface area contributed by atoms with Crippen molar-refractivity contribution in [2.45, 2.75) is 44.7 Å². The van der Waals surface area contributed by atoms with Crippen molar-refractivity contribution in [2.75, 3.05) is 32.5 Å². The van der Waals surface area contributed by atoms with E-state index in [0.717, 1.165) is 15.6 Å². The number of amides is 2. The standard InChI is InChI=1S/C20H29N3O5S/c1-3-10-23-20(25)18-13-16(14-22(18)11-12-29(23,26)27)21-19(24)9-6-15-4-7-17(28-2)8-5-15/h4-5,7-8,16,18H,3,6,9-14H2,1-2H3,(H,21,24)/t16-,18-/m0/s1. The Hall–Kier alpha value is -2.13. The van der Waals surface area contributed by atoms with Gasteiger partial charge in [-0.25, -0.2) is 12.7 Å². The van der Waals surface area contributed by atoms with Crippen LogP contribution in [0.4, 0.5) is 0 Å². The van der Waals surface area contributed by atoms with Gasteiger partial charge in [0, 0.05) is 32.1 Å². The van der Waals surface area contributed by atoms with Crippen molar-refractivity contribution in [3.05, 3.63) is 29.8 Å². The molecule has 0 spiro atoms. The normalized spacial score (nSPS) is 24.1. The minimum Gasteiger partial charge on any atom is -0.497 e. The molecule has 0 bridgehead atoms. The molecular formula is C20H29N3O5S. The maximum Gasteiger partial charge on any atom is 0.253 e. The van der Waals surface area contributed by atoms with Gasteiger partial charge in [-0.3, -0.25) is 14.5 Å². The maximum absolute atomic E-state index is 12.8. The molecule has 9 heteroatoms. The van der Waals surface area contributed by atoms with Gasteiger partial charge >= 0.3 is 0 Å². The minimum atomic E-state index is -3.55. The van der Waals surface area contributed by atoms with E-state index in [1.807, 2.05) is 36.1 Å². The molecule has 2 saturated heterocycles. The number of sulfonamides is 1. The lowest BCUT2D eigenvalue weighted by molar-refractivity contribution is -0.130. The van der Waals surface area contributed by atoms with Gasteiger partial charge < -0.3 is 10.1 Å². The first kappa shape index (κ1) is 21.6. The first-order chi connectivity index (χ1) is 13.8. The van der Waals surface area contributed by atoms with E-state index in [0.29, 0.717) is 38.8 Å². The summed E-state index contributed by atoms with van der Waals surface area (Å²) in [5.41, 5.74) is 1.05. The van der Waals surface area contributed by atoms with Crippen molar-refractivity contribution in [1.82, 2.24) is 14.5 Å². The summed E-state index contributed by atoms with van der Waals surface area (Å²) < 4.78 is 30.9. The van der Waals surface area contributed by atoms with Gasteiger partial charge in [0.1, 0.15) is 5.75 Å². The van der Waals surface area contributed by atoms with E-state index >= 15 is 0 Å². The summed E-state index contributed by atoms with van der Waals surface area (Å²) in [6, 6.07) is 6.99. The van der Waals surface area contributed by atoms with Crippen LogP contribution in [-0.2, 0) is 26.0 Å².